The first-order valence-corrected chi connectivity index (χ1v) is 9.78. The first-order valence-electron chi connectivity index (χ1n) is 9.78. The van der Waals surface area contributed by atoms with Crippen molar-refractivity contribution in [3.8, 4) is 11.1 Å². The Bertz CT molecular complexity index is 767. The van der Waals surface area contributed by atoms with Gasteiger partial charge in [-0.1, -0.05) is 13.3 Å². The van der Waals surface area contributed by atoms with Crippen molar-refractivity contribution in [2.45, 2.75) is 44.9 Å². The second-order valence-corrected chi connectivity index (χ2v) is 7.45. The first-order chi connectivity index (χ1) is 12.8. The Labute approximate surface area is 154 Å². The lowest BCUT2D eigenvalue weighted by molar-refractivity contribution is -0.137. The number of rotatable bonds is 6. The predicted molar refractivity (Wildman–Crippen MR) is 102 cm³/mol. The van der Waals surface area contributed by atoms with Crippen LogP contribution in [0.3, 0.4) is 0 Å². The zero-order valence-electron chi connectivity index (χ0n) is 15.4. The van der Waals surface area contributed by atoms with Crippen LogP contribution in [-0.2, 0) is 4.79 Å². The molecule has 1 saturated carbocycles. The largest absolute Gasteiger partial charge is 0.370 e. The molecular formula is C20H27N5O. The summed E-state index contributed by atoms with van der Waals surface area (Å²) >= 11 is 0. The summed E-state index contributed by atoms with van der Waals surface area (Å²) in [6.45, 7) is 4.71. The number of hydrogen-bond acceptors (Lipinski definition) is 4. The van der Waals surface area contributed by atoms with Crippen LogP contribution in [0.25, 0.3) is 11.1 Å². The van der Waals surface area contributed by atoms with Gasteiger partial charge in [0.25, 0.3) is 0 Å². The second-order valence-electron chi connectivity index (χ2n) is 7.45. The van der Waals surface area contributed by atoms with Gasteiger partial charge in [0.15, 0.2) is 0 Å². The molecule has 1 atom stereocenters. The average molecular weight is 353 g/mol. The van der Waals surface area contributed by atoms with Gasteiger partial charge >= 0.3 is 0 Å². The van der Waals surface area contributed by atoms with Crippen molar-refractivity contribution in [2.75, 3.05) is 25.0 Å². The maximum atomic E-state index is 12.5. The van der Waals surface area contributed by atoms with E-state index >= 15 is 0 Å². The summed E-state index contributed by atoms with van der Waals surface area (Å²) in [6.07, 6.45) is 9.14. The zero-order chi connectivity index (χ0) is 17.9. The SMILES string of the molecule is CCCNc1cc(-c2cn[nH]c2C2CCN(C(=O)C3CCC3)C2)ccn1. The third-order valence-corrected chi connectivity index (χ3v) is 5.66. The molecule has 6 heteroatoms. The number of carbonyl (C=O) groups is 1. The van der Waals surface area contributed by atoms with Gasteiger partial charge in [0, 0.05) is 48.9 Å². The zero-order valence-corrected chi connectivity index (χ0v) is 15.4. The smallest absolute Gasteiger partial charge is 0.225 e. The number of nitrogens with one attached hydrogen (secondary N) is 2. The van der Waals surface area contributed by atoms with Crippen LogP contribution < -0.4 is 5.32 Å². The van der Waals surface area contributed by atoms with E-state index in [4.69, 9.17) is 0 Å². The molecule has 0 radical (unpaired) electrons. The second kappa shape index (κ2) is 7.48. The monoisotopic (exact) mass is 353 g/mol. The van der Waals surface area contributed by atoms with Gasteiger partial charge in [-0.05, 0) is 43.4 Å². The van der Waals surface area contributed by atoms with E-state index < -0.39 is 0 Å². The minimum atomic E-state index is 0.280. The highest BCUT2D eigenvalue weighted by Crippen LogP contribution is 2.36. The summed E-state index contributed by atoms with van der Waals surface area (Å²) in [4.78, 5) is 19.0. The molecule has 1 aliphatic carbocycles. The molecular weight excluding hydrogens is 326 g/mol. The van der Waals surface area contributed by atoms with Crippen molar-refractivity contribution in [2.24, 2.45) is 5.92 Å². The maximum absolute atomic E-state index is 12.5. The highest BCUT2D eigenvalue weighted by atomic mass is 16.2. The molecule has 138 valence electrons. The van der Waals surface area contributed by atoms with Gasteiger partial charge in [-0.15, -0.1) is 0 Å². The molecule has 2 aromatic heterocycles. The Kier molecular flexibility index (Phi) is 4.91. The standard InChI is InChI=1S/C20H27N5O/c1-2-8-21-18-11-15(6-9-22-18)17-12-23-24-19(17)16-7-10-25(13-16)20(26)14-4-3-5-14/h6,9,11-12,14,16H,2-5,7-8,10,13H2,1H3,(H,21,22)(H,23,24). The molecule has 6 nitrogen and oxygen atoms in total. The maximum Gasteiger partial charge on any atom is 0.225 e. The van der Waals surface area contributed by atoms with Crippen molar-refractivity contribution in [3.63, 3.8) is 0 Å². The highest BCUT2D eigenvalue weighted by Gasteiger charge is 2.35. The molecule has 1 saturated heterocycles. The fraction of sp³-hybridized carbons (Fsp3) is 0.550. The van der Waals surface area contributed by atoms with E-state index in [-0.39, 0.29) is 5.92 Å². The van der Waals surface area contributed by atoms with Gasteiger partial charge in [0.05, 0.1) is 6.20 Å². The van der Waals surface area contributed by atoms with Crippen LogP contribution in [0.5, 0.6) is 0 Å². The number of hydrogen-bond donors (Lipinski definition) is 2. The Morgan fingerprint density at radius 1 is 1.38 bits per heavy atom. The molecule has 4 rings (SSSR count). The quantitative estimate of drug-likeness (QED) is 0.835. The number of amides is 1. The summed E-state index contributed by atoms with van der Waals surface area (Å²) in [5.41, 5.74) is 3.38. The minimum Gasteiger partial charge on any atom is -0.370 e. The van der Waals surface area contributed by atoms with Gasteiger partial charge in [-0.25, -0.2) is 4.98 Å². The van der Waals surface area contributed by atoms with Crippen LogP contribution in [0.15, 0.2) is 24.5 Å². The molecule has 2 fully saturated rings. The van der Waals surface area contributed by atoms with Gasteiger partial charge in [0.2, 0.25) is 5.91 Å². The highest BCUT2D eigenvalue weighted by molar-refractivity contribution is 5.80. The number of H-pyrrole nitrogens is 1. The van der Waals surface area contributed by atoms with E-state index in [9.17, 15) is 4.79 Å². The van der Waals surface area contributed by atoms with Crippen LogP contribution >= 0.6 is 0 Å². The normalized spacial score (nSPS) is 20.2. The van der Waals surface area contributed by atoms with Gasteiger partial charge in [-0.2, -0.15) is 5.10 Å². The minimum absolute atomic E-state index is 0.280. The van der Waals surface area contributed by atoms with E-state index in [1.807, 2.05) is 18.5 Å². The van der Waals surface area contributed by atoms with Gasteiger partial charge in [-0.3, -0.25) is 9.89 Å². The number of anilines is 1. The molecule has 1 unspecified atom stereocenters. The lowest BCUT2D eigenvalue weighted by Gasteiger charge is -2.29. The average Bonchev–Trinajstić information content (AvgIpc) is 3.27. The Balaban J connectivity index is 1.50. The van der Waals surface area contributed by atoms with E-state index in [0.717, 1.165) is 68.0 Å². The molecule has 0 aromatic carbocycles. The number of likely N-dealkylation sites (tertiary alicyclic amines) is 1. The summed E-state index contributed by atoms with van der Waals surface area (Å²) in [5.74, 6) is 1.86. The lowest BCUT2D eigenvalue weighted by atomic mass is 9.84. The predicted octanol–water partition coefficient (Wildman–Crippen LogP) is 3.41. The Morgan fingerprint density at radius 3 is 3.04 bits per heavy atom. The van der Waals surface area contributed by atoms with Crippen LogP contribution in [0.2, 0.25) is 0 Å². The molecule has 1 amide bonds. The molecule has 3 heterocycles. The van der Waals surface area contributed by atoms with E-state index in [1.54, 1.807) is 0 Å². The molecule has 2 aliphatic rings. The van der Waals surface area contributed by atoms with Gasteiger partial charge < -0.3 is 10.2 Å². The fourth-order valence-electron chi connectivity index (χ4n) is 3.89. The Hall–Kier alpha value is -2.37. The van der Waals surface area contributed by atoms with Crippen LogP contribution in [-0.4, -0.2) is 45.6 Å². The van der Waals surface area contributed by atoms with Crippen molar-refractivity contribution in [3.05, 3.63) is 30.2 Å². The molecule has 26 heavy (non-hydrogen) atoms. The summed E-state index contributed by atoms with van der Waals surface area (Å²) in [6, 6.07) is 4.11. The molecule has 2 N–H and O–H groups in total. The fourth-order valence-corrected chi connectivity index (χ4v) is 3.89. The summed E-state index contributed by atoms with van der Waals surface area (Å²) in [7, 11) is 0. The van der Waals surface area contributed by atoms with E-state index in [1.165, 1.54) is 6.42 Å². The van der Waals surface area contributed by atoms with Gasteiger partial charge in [0.1, 0.15) is 5.82 Å². The lowest BCUT2D eigenvalue weighted by Crippen LogP contribution is -2.37. The molecule has 1 aliphatic heterocycles. The molecule has 2 aromatic rings. The number of pyridine rings is 1. The summed E-state index contributed by atoms with van der Waals surface area (Å²) < 4.78 is 0. The van der Waals surface area contributed by atoms with Crippen molar-refractivity contribution in [1.29, 1.82) is 0 Å². The Morgan fingerprint density at radius 2 is 2.27 bits per heavy atom. The van der Waals surface area contributed by atoms with Crippen molar-refractivity contribution >= 4 is 11.7 Å². The van der Waals surface area contributed by atoms with Crippen LogP contribution in [0.1, 0.15) is 50.6 Å². The third kappa shape index (κ3) is 3.32. The van der Waals surface area contributed by atoms with Crippen molar-refractivity contribution in [1.82, 2.24) is 20.1 Å². The number of carbonyl (C=O) groups excluding carboxylic acids is 1. The molecule has 0 spiro atoms. The topological polar surface area (TPSA) is 73.9 Å². The number of aromatic amines is 1. The van der Waals surface area contributed by atoms with E-state index in [0.29, 0.717) is 11.8 Å². The molecule has 0 bridgehead atoms. The summed E-state index contributed by atoms with van der Waals surface area (Å²) in [5, 5.41) is 10.8. The number of nitrogens with zero attached hydrogens (tertiary/aromatic N) is 3. The van der Waals surface area contributed by atoms with E-state index in [2.05, 4.69) is 38.4 Å². The van der Waals surface area contributed by atoms with Crippen LogP contribution in [0.4, 0.5) is 5.82 Å². The number of aromatic nitrogens is 3. The van der Waals surface area contributed by atoms with Crippen LogP contribution in [0, 0.1) is 5.92 Å². The first kappa shape index (κ1) is 17.1. The van der Waals surface area contributed by atoms with Crippen molar-refractivity contribution < 1.29 is 4.79 Å². The third-order valence-electron chi connectivity index (χ3n) is 5.66.